The highest BCUT2D eigenvalue weighted by Crippen LogP contribution is 2.18. The zero-order chi connectivity index (χ0) is 7.40. The van der Waals surface area contributed by atoms with Crippen LogP contribution in [0.15, 0.2) is 23.8 Å². The summed E-state index contributed by atoms with van der Waals surface area (Å²) in [6.45, 7) is 4.49. The Balaban J connectivity index is 2.42. The van der Waals surface area contributed by atoms with E-state index in [2.05, 4.69) is 32.1 Å². The fourth-order valence-corrected chi connectivity index (χ4v) is 1.25. The smallest absolute Gasteiger partial charge is 0.0224 e. The molecular formula is C10H16. The van der Waals surface area contributed by atoms with Crippen LogP contribution in [0.3, 0.4) is 0 Å². The van der Waals surface area contributed by atoms with Crippen molar-refractivity contribution in [1.82, 2.24) is 0 Å². The van der Waals surface area contributed by atoms with Gasteiger partial charge in [0, 0.05) is 0 Å². The molecule has 0 fully saturated rings. The molecule has 0 N–H and O–H groups in total. The Hall–Kier alpha value is -0.520. The second-order valence-electron chi connectivity index (χ2n) is 3.10. The largest absolute Gasteiger partial charge is 0.0811 e. The first-order chi connectivity index (χ1) is 4.83. The molecule has 0 radical (unpaired) electrons. The van der Waals surface area contributed by atoms with Crippen molar-refractivity contribution in [3.05, 3.63) is 23.8 Å². The molecule has 56 valence electrons. The van der Waals surface area contributed by atoms with Crippen molar-refractivity contribution in [2.24, 2.45) is 5.92 Å². The third kappa shape index (κ3) is 2.02. The van der Waals surface area contributed by atoms with Crippen LogP contribution < -0.4 is 0 Å². The van der Waals surface area contributed by atoms with Crippen LogP contribution >= 0.6 is 0 Å². The van der Waals surface area contributed by atoms with Gasteiger partial charge in [0.05, 0.1) is 0 Å². The monoisotopic (exact) mass is 136 g/mol. The molecule has 0 heteroatoms. The van der Waals surface area contributed by atoms with Gasteiger partial charge in [-0.15, -0.1) is 0 Å². The molecule has 0 aromatic heterocycles. The molecule has 0 saturated carbocycles. The van der Waals surface area contributed by atoms with Gasteiger partial charge in [-0.1, -0.05) is 44.1 Å². The molecule has 0 spiro atoms. The second kappa shape index (κ2) is 3.60. The van der Waals surface area contributed by atoms with Crippen LogP contribution in [0, 0.1) is 5.92 Å². The van der Waals surface area contributed by atoms with E-state index < -0.39 is 0 Å². The van der Waals surface area contributed by atoms with Crippen molar-refractivity contribution >= 4 is 0 Å². The predicted molar refractivity (Wildman–Crippen MR) is 45.9 cm³/mol. The lowest BCUT2D eigenvalue weighted by Gasteiger charge is -2.10. The molecule has 1 aliphatic rings. The molecule has 1 rings (SSSR count). The van der Waals surface area contributed by atoms with E-state index in [1.807, 2.05) is 0 Å². The molecular weight excluding hydrogens is 120 g/mol. The van der Waals surface area contributed by atoms with Gasteiger partial charge in [-0.2, -0.15) is 0 Å². The van der Waals surface area contributed by atoms with E-state index >= 15 is 0 Å². The van der Waals surface area contributed by atoms with Crippen LogP contribution in [-0.4, -0.2) is 0 Å². The maximum atomic E-state index is 2.37. The van der Waals surface area contributed by atoms with Crippen molar-refractivity contribution in [2.45, 2.75) is 33.1 Å². The van der Waals surface area contributed by atoms with Crippen LogP contribution in [0.4, 0.5) is 0 Å². The lowest BCUT2D eigenvalue weighted by atomic mass is 9.96. The lowest BCUT2D eigenvalue weighted by Crippen LogP contribution is -1.93. The molecule has 0 unspecified atom stereocenters. The first-order valence-electron chi connectivity index (χ1n) is 4.20. The summed E-state index contributed by atoms with van der Waals surface area (Å²) in [4.78, 5) is 0. The van der Waals surface area contributed by atoms with Gasteiger partial charge in [-0.05, 0) is 18.8 Å². The molecule has 0 saturated heterocycles. The van der Waals surface area contributed by atoms with Gasteiger partial charge in [0.25, 0.3) is 0 Å². The molecule has 0 aliphatic heterocycles. The Morgan fingerprint density at radius 1 is 1.60 bits per heavy atom. The minimum Gasteiger partial charge on any atom is -0.0811 e. The van der Waals surface area contributed by atoms with E-state index in [0.717, 1.165) is 5.92 Å². The summed E-state index contributed by atoms with van der Waals surface area (Å²) in [5.74, 6) is 0.764. The molecule has 0 aromatic rings. The summed E-state index contributed by atoms with van der Waals surface area (Å²) < 4.78 is 0. The highest BCUT2D eigenvalue weighted by atomic mass is 14.1. The summed E-state index contributed by atoms with van der Waals surface area (Å²) >= 11 is 0. The van der Waals surface area contributed by atoms with E-state index in [4.69, 9.17) is 0 Å². The molecule has 0 heterocycles. The van der Waals surface area contributed by atoms with Gasteiger partial charge in [-0.25, -0.2) is 0 Å². The molecule has 0 bridgehead atoms. The van der Waals surface area contributed by atoms with Crippen LogP contribution in [0.1, 0.15) is 33.1 Å². The van der Waals surface area contributed by atoms with Crippen molar-refractivity contribution in [2.75, 3.05) is 0 Å². The van der Waals surface area contributed by atoms with E-state index in [1.54, 1.807) is 0 Å². The third-order valence-electron chi connectivity index (χ3n) is 1.93. The first-order valence-corrected chi connectivity index (χ1v) is 4.20. The Kier molecular flexibility index (Phi) is 2.73. The quantitative estimate of drug-likeness (QED) is 0.546. The van der Waals surface area contributed by atoms with Crippen molar-refractivity contribution in [3.63, 3.8) is 0 Å². The molecule has 0 amide bonds. The number of hydrogen-bond acceptors (Lipinski definition) is 0. The van der Waals surface area contributed by atoms with Gasteiger partial charge < -0.3 is 0 Å². The molecule has 1 atom stereocenters. The fraction of sp³-hybridized carbons (Fsp3) is 0.600. The van der Waals surface area contributed by atoms with Gasteiger partial charge in [0.2, 0.25) is 0 Å². The third-order valence-corrected chi connectivity index (χ3v) is 1.93. The minimum absolute atomic E-state index is 0.764. The van der Waals surface area contributed by atoms with E-state index in [0.29, 0.717) is 0 Å². The topological polar surface area (TPSA) is 0 Å². The number of allylic oxidation sites excluding steroid dienone is 4. The standard InChI is InChI=1S/C10H16/c1-3-4-10-7-5-9(2)6-8-10/h5,7-9H,3-4,6H2,1-2H3/t9-/m0/s1. The van der Waals surface area contributed by atoms with Crippen LogP contribution in [0.25, 0.3) is 0 Å². The average molecular weight is 136 g/mol. The SMILES string of the molecule is CCCC1=CC[C@@H](C)C=C1. The van der Waals surface area contributed by atoms with Gasteiger partial charge in [-0.3, -0.25) is 0 Å². The highest BCUT2D eigenvalue weighted by Gasteiger charge is 2.01. The maximum absolute atomic E-state index is 2.37. The summed E-state index contributed by atoms with van der Waals surface area (Å²) in [5.41, 5.74) is 1.53. The predicted octanol–water partition coefficient (Wildman–Crippen LogP) is 3.31. The highest BCUT2D eigenvalue weighted by molar-refractivity contribution is 5.22. The normalized spacial score (nSPS) is 24.6. The lowest BCUT2D eigenvalue weighted by molar-refractivity contribution is 0.722. The van der Waals surface area contributed by atoms with Crippen molar-refractivity contribution in [3.8, 4) is 0 Å². The van der Waals surface area contributed by atoms with E-state index in [-0.39, 0.29) is 0 Å². The maximum Gasteiger partial charge on any atom is -0.0224 e. The van der Waals surface area contributed by atoms with Gasteiger partial charge >= 0.3 is 0 Å². The zero-order valence-electron chi connectivity index (χ0n) is 6.93. The molecule has 0 aromatic carbocycles. The molecule has 1 aliphatic carbocycles. The average Bonchev–Trinajstić information content (AvgIpc) is 1.95. The molecule has 0 nitrogen and oxygen atoms in total. The first kappa shape index (κ1) is 7.59. The summed E-state index contributed by atoms with van der Waals surface area (Å²) in [6.07, 6.45) is 10.7. The summed E-state index contributed by atoms with van der Waals surface area (Å²) in [6, 6.07) is 0. The van der Waals surface area contributed by atoms with Gasteiger partial charge in [0.1, 0.15) is 0 Å². The molecule has 10 heavy (non-hydrogen) atoms. The van der Waals surface area contributed by atoms with Gasteiger partial charge in [0.15, 0.2) is 0 Å². The van der Waals surface area contributed by atoms with Crippen LogP contribution in [0.2, 0.25) is 0 Å². The number of hydrogen-bond donors (Lipinski definition) is 0. The fourth-order valence-electron chi connectivity index (χ4n) is 1.25. The van der Waals surface area contributed by atoms with Crippen LogP contribution in [0.5, 0.6) is 0 Å². The van der Waals surface area contributed by atoms with Crippen molar-refractivity contribution in [1.29, 1.82) is 0 Å². The van der Waals surface area contributed by atoms with E-state index in [9.17, 15) is 0 Å². The second-order valence-corrected chi connectivity index (χ2v) is 3.10. The summed E-state index contributed by atoms with van der Waals surface area (Å²) in [7, 11) is 0. The zero-order valence-corrected chi connectivity index (χ0v) is 6.93. The Bertz CT molecular complexity index is 151. The Morgan fingerprint density at radius 3 is 2.90 bits per heavy atom. The van der Waals surface area contributed by atoms with E-state index in [1.165, 1.54) is 24.8 Å². The minimum atomic E-state index is 0.764. The summed E-state index contributed by atoms with van der Waals surface area (Å²) in [5, 5.41) is 0. The van der Waals surface area contributed by atoms with Crippen molar-refractivity contribution < 1.29 is 0 Å². The Morgan fingerprint density at radius 2 is 2.40 bits per heavy atom. The Labute approximate surface area is 63.6 Å². The number of rotatable bonds is 2. The van der Waals surface area contributed by atoms with Crippen LogP contribution in [-0.2, 0) is 0 Å².